The quantitative estimate of drug-likeness (QED) is 0.749. The van der Waals surface area contributed by atoms with E-state index < -0.39 is 0 Å². The van der Waals surface area contributed by atoms with Crippen molar-refractivity contribution in [1.82, 2.24) is 10.2 Å². The summed E-state index contributed by atoms with van der Waals surface area (Å²) in [6.07, 6.45) is 8.40. The molecule has 0 aliphatic heterocycles. The maximum atomic E-state index is 3.34. The van der Waals surface area contributed by atoms with Gasteiger partial charge >= 0.3 is 0 Å². The van der Waals surface area contributed by atoms with Gasteiger partial charge in [-0.05, 0) is 38.8 Å². The van der Waals surface area contributed by atoms with Gasteiger partial charge in [0.2, 0.25) is 0 Å². The van der Waals surface area contributed by atoms with Crippen LogP contribution in [0.4, 0.5) is 0 Å². The molecule has 1 aliphatic carbocycles. The molecule has 0 spiro atoms. The number of hydrogen-bond acceptors (Lipinski definition) is 2. The second-order valence-electron chi connectivity index (χ2n) is 5.90. The summed E-state index contributed by atoms with van der Waals surface area (Å²) in [6.45, 7) is 7.07. The molecule has 2 heteroatoms. The van der Waals surface area contributed by atoms with Crippen LogP contribution in [0.2, 0.25) is 0 Å². The van der Waals surface area contributed by atoms with E-state index in [1.54, 1.807) is 0 Å². The molecule has 0 aromatic heterocycles. The van der Waals surface area contributed by atoms with E-state index in [-0.39, 0.29) is 0 Å². The summed E-state index contributed by atoms with van der Waals surface area (Å²) in [5.41, 5.74) is 0.431. The highest BCUT2D eigenvalue weighted by Gasteiger charge is 2.27. The van der Waals surface area contributed by atoms with Crippen molar-refractivity contribution in [1.29, 1.82) is 0 Å². The molecule has 1 aliphatic rings. The first-order chi connectivity index (χ1) is 7.61. The molecule has 1 rings (SSSR count). The van der Waals surface area contributed by atoms with Gasteiger partial charge in [0.25, 0.3) is 0 Å². The van der Waals surface area contributed by atoms with Gasteiger partial charge in [0.15, 0.2) is 0 Å². The fraction of sp³-hybridized carbons (Fsp3) is 1.00. The van der Waals surface area contributed by atoms with Crippen LogP contribution >= 0.6 is 0 Å². The van der Waals surface area contributed by atoms with Crippen molar-refractivity contribution in [2.45, 2.75) is 58.4 Å². The Morgan fingerprint density at radius 2 is 1.88 bits per heavy atom. The topological polar surface area (TPSA) is 15.3 Å². The molecule has 16 heavy (non-hydrogen) atoms. The third kappa shape index (κ3) is 4.06. The Hall–Kier alpha value is -0.0800. The zero-order valence-electron chi connectivity index (χ0n) is 11.7. The molecule has 1 unspecified atom stereocenters. The highest BCUT2D eigenvalue weighted by atomic mass is 15.1. The Bertz CT molecular complexity index is 187. The van der Waals surface area contributed by atoms with E-state index >= 15 is 0 Å². The monoisotopic (exact) mass is 226 g/mol. The van der Waals surface area contributed by atoms with Gasteiger partial charge in [-0.2, -0.15) is 0 Å². The molecule has 0 bridgehead atoms. The average Bonchev–Trinajstić information content (AvgIpc) is 2.30. The summed E-state index contributed by atoms with van der Waals surface area (Å²) in [7, 11) is 4.38. The Morgan fingerprint density at radius 1 is 1.25 bits per heavy atom. The lowest BCUT2D eigenvalue weighted by Crippen LogP contribution is -2.44. The molecule has 0 aromatic carbocycles. The van der Waals surface area contributed by atoms with E-state index in [1.807, 2.05) is 0 Å². The smallest absolute Gasteiger partial charge is 0.00924 e. The van der Waals surface area contributed by atoms with E-state index in [1.165, 1.54) is 45.1 Å². The largest absolute Gasteiger partial charge is 0.319 e. The standard InChI is InChI=1S/C14H30N2/c1-5-14(2,11-15-3)12-16(4)13-9-7-6-8-10-13/h13,15H,5-12H2,1-4H3. The highest BCUT2D eigenvalue weighted by Crippen LogP contribution is 2.26. The first kappa shape index (κ1) is 14.0. The molecule has 0 aromatic rings. The van der Waals surface area contributed by atoms with Gasteiger partial charge < -0.3 is 10.2 Å². The Labute approximate surface area is 102 Å². The maximum Gasteiger partial charge on any atom is 0.00924 e. The number of nitrogens with one attached hydrogen (secondary N) is 1. The van der Waals surface area contributed by atoms with Crippen molar-refractivity contribution in [2.24, 2.45) is 5.41 Å². The summed E-state index contributed by atoms with van der Waals surface area (Å²) >= 11 is 0. The molecule has 1 N–H and O–H groups in total. The molecule has 2 nitrogen and oxygen atoms in total. The molecule has 0 amide bonds. The zero-order chi connectivity index (χ0) is 12.0. The number of nitrogens with zero attached hydrogens (tertiary/aromatic N) is 1. The van der Waals surface area contributed by atoms with E-state index in [0.717, 1.165) is 12.6 Å². The van der Waals surface area contributed by atoms with Gasteiger partial charge in [-0.15, -0.1) is 0 Å². The van der Waals surface area contributed by atoms with Crippen molar-refractivity contribution < 1.29 is 0 Å². The molecular weight excluding hydrogens is 196 g/mol. The van der Waals surface area contributed by atoms with Crippen LogP contribution in [0, 0.1) is 5.41 Å². The minimum Gasteiger partial charge on any atom is -0.319 e. The maximum absolute atomic E-state index is 3.34. The van der Waals surface area contributed by atoms with Crippen LogP contribution in [0.1, 0.15) is 52.4 Å². The lowest BCUT2D eigenvalue weighted by atomic mass is 9.85. The second kappa shape index (κ2) is 6.61. The van der Waals surface area contributed by atoms with Crippen LogP contribution in [0.15, 0.2) is 0 Å². The summed E-state index contributed by atoms with van der Waals surface area (Å²) in [6, 6.07) is 0.844. The third-order valence-electron chi connectivity index (χ3n) is 4.29. The average molecular weight is 226 g/mol. The molecule has 0 heterocycles. The van der Waals surface area contributed by atoms with Crippen LogP contribution in [-0.4, -0.2) is 38.1 Å². The number of hydrogen-bond donors (Lipinski definition) is 1. The van der Waals surface area contributed by atoms with E-state index in [2.05, 4.69) is 38.2 Å². The van der Waals surface area contributed by atoms with Crippen molar-refractivity contribution in [3.05, 3.63) is 0 Å². The minimum absolute atomic E-state index is 0.431. The Balaban J connectivity index is 2.43. The first-order valence-electron chi connectivity index (χ1n) is 6.96. The van der Waals surface area contributed by atoms with Crippen molar-refractivity contribution in [3.8, 4) is 0 Å². The zero-order valence-corrected chi connectivity index (χ0v) is 11.7. The van der Waals surface area contributed by atoms with Crippen molar-refractivity contribution in [2.75, 3.05) is 27.2 Å². The normalized spacial score (nSPS) is 22.3. The Kier molecular flexibility index (Phi) is 5.77. The first-order valence-corrected chi connectivity index (χ1v) is 6.96. The van der Waals surface area contributed by atoms with Gasteiger partial charge in [0.05, 0.1) is 0 Å². The molecule has 96 valence electrons. The SMILES string of the molecule is CCC(C)(CNC)CN(C)C1CCCCC1. The summed E-state index contributed by atoms with van der Waals surface area (Å²) in [4.78, 5) is 2.61. The summed E-state index contributed by atoms with van der Waals surface area (Å²) in [5.74, 6) is 0. The fourth-order valence-electron chi connectivity index (χ4n) is 2.97. The molecule has 1 saturated carbocycles. The van der Waals surface area contributed by atoms with Crippen LogP contribution in [0.3, 0.4) is 0 Å². The predicted molar refractivity (Wildman–Crippen MR) is 71.8 cm³/mol. The van der Waals surface area contributed by atoms with E-state index in [0.29, 0.717) is 5.41 Å². The summed E-state index contributed by atoms with van der Waals surface area (Å²) < 4.78 is 0. The molecule has 0 radical (unpaired) electrons. The lowest BCUT2D eigenvalue weighted by molar-refractivity contribution is 0.119. The molecular formula is C14H30N2. The van der Waals surface area contributed by atoms with Crippen LogP contribution in [0.25, 0.3) is 0 Å². The van der Waals surface area contributed by atoms with Gasteiger partial charge in [-0.1, -0.05) is 33.1 Å². The van der Waals surface area contributed by atoms with Gasteiger partial charge in [-0.25, -0.2) is 0 Å². The van der Waals surface area contributed by atoms with Gasteiger partial charge in [0, 0.05) is 19.1 Å². The van der Waals surface area contributed by atoms with Gasteiger partial charge in [0.1, 0.15) is 0 Å². The highest BCUT2D eigenvalue weighted by molar-refractivity contribution is 4.82. The van der Waals surface area contributed by atoms with Crippen LogP contribution in [0.5, 0.6) is 0 Å². The van der Waals surface area contributed by atoms with Gasteiger partial charge in [-0.3, -0.25) is 0 Å². The second-order valence-corrected chi connectivity index (χ2v) is 5.90. The van der Waals surface area contributed by atoms with Crippen LogP contribution < -0.4 is 5.32 Å². The predicted octanol–water partition coefficient (Wildman–Crippen LogP) is 2.89. The summed E-state index contributed by atoms with van der Waals surface area (Å²) in [5, 5.41) is 3.34. The number of rotatable bonds is 6. The lowest BCUT2D eigenvalue weighted by Gasteiger charge is -2.38. The third-order valence-corrected chi connectivity index (χ3v) is 4.29. The fourth-order valence-corrected chi connectivity index (χ4v) is 2.97. The van der Waals surface area contributed by atoms with Crippen LogP contribution in [-0.2, 0) is 0 Å². The molecule has 1 fully saturated rings. The van der Waals surface area contributed by atoms with Crippen molar-refractivity contribution in [3.63, 3.8) is 0 Å². The Morgan fingerprint density at radius 3 is 2.38 bits per heavy atom. The van der Waals surface area contributed by atoms with E-state index in [9.17, 15) is 0 Å². The minimum atomic E-state index is 0.431. The molecule has 0 saturated heterocycles. The van der Waals surface area contributed by atoms with E-state index in [4.69, 9.17) is 0 Å². The van der Waals surface area contributed by atoms with Crippen molar-refractivity contribution >= 4 is 0 Å². The molecule has 1 atom stereocenters.